The molecule has 15 heteroatoms. The SMILES string of the molecule is COc1ncnc(C2CC2)c1-c1ncc(CS(=O)(=O)O)c(NC23CCC(c4nc(C(F)(F)F)cn4C(C)C)(CC2)CC3)n1. The van der Waals surface area contributed by atoms with Crippen LogP contribution in [0, 0.1) is 0 Å². The van der Waals surface area contributed by atoms with E-state index >= 15 is 0 Å². The summed E-state index contributed by atoms with van der Waals surface area (Å²) in [6, 6.07) is -0.179. The maximum atomic E-state index is 13.6. The molecule has 3 heterocycles. The van der Waals surface area contributed by atoms with E-state index in [1.807, 2.05) is 13.8 Å². The average molecular weight is 622 g/mol. The van der Waals surface area contributed by atoms with E-state index in [0.29, 0.717) is 55.8 Å². The van der Waals surface area contributed by atoms with Crippen LogP contribution in [0.2, 0.25) is 0 Å². The molecule has 0 atom stereocenters. The minimum Gasteiger partial charge on any atom is -0.480 e. The van der Waals surface area contributed by atoms with Gasteiger partial charge in [0, 0.05) is 40.9 Å². The van der Waals surface area contributed by atoms with Gasteiger partial charge in [-0.15, -0.1) is 0 Å². The van der Waals surface area contributed by atoms with Gasteiger partial charge < -0.3 is 14.6 Å². The molecule has 0 aliphatic heterocycles. The van der Waals surface area contributed by atoms with E-state index in [2.05, 4.69) is 25.3 Å². The van der Waals surface area contributed by atoms with Crippen molar-refractivity contribution in [2.24, 2.45) is 0 Å². The van der Waals surface area contributed by atoms with Gasteiger partial charge in [0.2, 0.25) is 5.88 Å². The van der Waals surface area contributed by atoms with Crippen molar-refractivity contribution in [3.8, 4) is 17.3 Å². The van der Waals surface area contributed by atoms with Gasteiger partial charge in [-0.2, -0.15) is 21.6 Å². The predicted molar refractivity (Wildman–Crippen MR) is 150 cm³/mol. The number of ether oxygens (including phenoxy) is 1. The molecule has 4 saturated carbocycles. The van der Waals surface area contributed by atoms with Gasteiger partial charge >= 0.3 is 6.18 Å². The molecule has 4 aliphatic rings. The summed E-state index contributed by atoms with van der Waals surface area (Å²) in [5, 5.41) is 3.51. The number of methoxy groups -OCH3 is 1. The monoisotopic (exact) mass is 621 g/mol. The Morgan fingerprint density at radius 2 is 1.77 bits per heavy atom. The Bertz CT molecular complexity index is 1630. The van der Waals surface area contributed by atoms with Crippen LogP contribution in [-0.2, 0) is 27.5 Å². The van der Waals surface area contributed by atoms with Gasteiger partial charge in [-0.1, -0.05) is 0 Å². The zero-order chi connectivity index (χ0) is 30.8. The number of alkyl halides is 3. The summed E-state index contributed by atoms with van der Waals surface area (Å²) in [4.78, 5) is 22.0. The average Bonchev–Trinajstić information content (AvgIpc) is 3.69. The summed E-state index contributed by atoms with van der Waals surface area (Å²) in [5.74, 6) is 0.874. The molecular weight excluding hydrogens is 587 g/mol. The quantitative estimate of drug-likeness (QED) is 0.296. The molecule has 0 amide bonds. The zero-order valence-corrected chi connectivity index (χ0v) is 25.0. The summed E-state index contributed by atoms with van der Waals surface area (Å²) >= 11 is 0. The molecule has 43 heavy (non-hydrogen) atoms. The Balaban J connectivity index is 1.33. The van der Waals surface area contributed by atoms with Gasteiger partial charge in [-0.05, 0) is 65.2 Å². The maximum Gasteiger partial charge on any atom is 0.434 e. The fourth-order valence-electron chi connectivity index (χ4n) is 6.63. The minimum atomic E-state index is -4.53. The lowest BCUT2D eigenvalue weighted by molar-refractivity contribution is -0.141. The molecule has 232 valence electrons. The highest BCUT2D eigenvalue weighted by Crippen LogP contribution is 2.55. The molecule has 2 N–H and O–H groups in total. The first-order valence-corrected chi connectivity index (χ1v) is 16.0. The first kappa shape index (κ1) is 29.7. The molecule has 2 bridgehead atoms. The summed E-state index contributed by atoms with van der Waals surface area (Å²) in [6.07, 6.45) is 5.01. The highest BCUT2D eigenvalue weighted by atomic mass is 32.2. The third-order valence-electron chi connectivity index (χ3n) is 9.11. The molecule has 4 aliphatic carbocycles. The minimum absolute atomic E-state index is 0.179. The molecular formula is C28H34F3N7O4S. The van der Waals surface area contributed by atoms with E-state index < -0.39 is 38.7 Å². The molecule has 4 fully saturated rings. The normalized spacial score (nSPS) is 24.0. The predicted octanol–water partition coefficient (Wildman–Crippen LogP) is 5.46. The summed E-state index contributed by atoms with van der Waals surface area (Å²) < 4.78 is 81.5. The maximum absolute atomic E-state index is 13.6. The first-order chi connectivity index (χ1) is 20.2. The highest BCUT2D eigenvalue weighted by molar-refractivity contribution is 7.85. The van der Waals surface area contributed by atoms with Gasteiger partial charge in [0.1, 0.15) is 29.3 Å². The Labute approximate surface area is 247 Å². The van der Waals surface area contributed by atoms with Crippen molar-refractivity contribution in [2.75, 3.05) is 12.4 Å². The van der Waals surface area contributed by atoms with Crippen LogP contribution in [-0.4, -0.2) is 55.1 Å². The van der Waals surface area contributed by atoms with Gasteiger partial charge in [-0.25, -0.2) is 24.9 Å². The Morgan fingerprint density at radius 3 is 2.33 bits per heavy atom. The molecule has 0 saturated heterocycles. The number of halogens is 3. The lowest BCUT2D eigenvalue weighted by Gasteiger charge is -2.53. The molecule has 3 aromatic rings. The van der Waals surface area contributed by atoms with Crippen LogP contribution in [0.15, 0.2) is 18.7 Å². The van der Waals surface area contributed by atoms with Crippen molar-refractivity contribution in [2.45, 2.75) is 100 Å². The topological polar surface area (TPSA) is 145 Å². The standard InChI is InChI=1S/C28H34F3N7O4S/c1-16(2)38-13-19(28(29,30)31)35-25(38)26-6-9-27(10-7-26,11-8-26)37-22-18(14-43(39,40)41)12-32-23(36-22)20-21(17-4-5-17)33-15-34-24(20)42-3/h12-13,15-17H,4-11,14H2,1-3H3,(H,32,36,37)(H,39,40,41). The van der Waals surface area contributed by atoms with Crippen LogP contribution in [0.5, 0.6) is 5.88 Å². The fourth-order valence-corrected chi connectivity index (χ4v) is 7.23. The Morgan fingerprint density at radius 1 is 1.09 bits per heavy atom. The van der Waals surface area contributed by atoms with E-state index in [9.17, 15) is 26.1 Å². The van der Waals surface area contributed by atoms with Crippen LogP contribution in [0.1, 0.15) is 99.9 Å². The Hall–Kier alpha value is -3.33. The van der Waals surface area contributed by atoms with E-state index in [0.717, 1.165) is 24.7 Å². The second-order valence-corrected chi connectivity index (χ2v) is 13.8. The van der Waals surface area contributed by atoms with Crippen LogP contribution < -0.4 is 10.1 Å². The number of aromatic nitrogens is 6. The summed E-state index contributed by atoms with van der Waals surface area (Å²) in [5.41, 5.74) is -0.326. The number of fused-ring (bicyclic) bond motifs is 3. The third-order valence-corrected chi connectivity index (χ3v) is 9.78. The second kappa shape index (κ2) is 10.4. The van der Waals surface area contributed by atoms with E-state index in [-0.39, 0.29) is 29.2 Å². The smallest absolute Gasteiger partial charge is 0.434 e. The van der Waals surface area contributed by atoms with E-state index in [1.54, 1.807) is 4.57 Å². The Kier molecular flexibility index (Phi) is 7.18. The molecule has 0 aromatic carbocycles. The van der Waals surface area contributed by atoms with Crippen molar-refractivity contribution in [3.63, 3.8) is 0 Å². The van der Waals surface area contributed by atoms with Gasteiger partial charge in [-0.3, -0.25) is 4.55 Å². The van der Waals surface area contributed by atoms with Gasteiger partial charge in [0.25, 0.3) is 10.1 Å². The van der Waals surface area contributed by atoms with Crippen LogP contribution in [0.25, 0.3) is 11.4 Å². The zero-order valence-electron chi connectivity index (χ0n) is 24.1. The number of nitrogens with zero attached hydrogens (tertiary/aromatic N) is 6. The molecule has 11 nitrogen and oxygen atoms in total. The largest absolute Gasteiger partial charge is 0.480 e. The summed E-state index contributed by atoms with van der Waals surface area (Å²) in [6.45, 7) is 3.70. The van der Waals surface area contributed by atoms with Crippen LogP contribution in [0.4, 0.5) is 19.0 Å². The fraction of sp³-hybridized carbons (Fsp3) is 0.607. The highest BCUT2D eigenvalue weighted by Gasteiger charge is 2.52. The molecule has 0 radical (unpaired) electrons. The second-order valence-electron chi connectivity index (χ2n) is 12.3. The lowest BCUT2D eigenvalue weighted by Crippen LogP contribution is -2.53. The molecule has 7 rings (SSSR count). The third kappa shape index (κ3) is 5.68. The number of hydrogen-bond donors (Lipinski definition) is 2. The number of imidazole rings is 1. The first-order valence-electron chi connectivity index (χ1n) is 14.4. The molecule has 3 aromatic heterocycles. The van der Waals surface area contributed by atoms with Crippen molar-refractivity contribution >= 4 is 15.9 Å². The molecule has 0 unspecified atom stereocenters. The van der Waals surface area contributed by atoms with Crippen LogP contribution in [0.3, 0.4) is 0 Å². The van der Waals surface area contributed by atoms with Gasteiger partial charge in [0.05, 0.1) is 12.8 Å². The van der Waals surface area contributed by atoms with Crippen molar-refractivity contribution in [1.82, 2.24) is 29.5 Å². The number of anilines is 1. The number of nitrogens with one attached hydrogen (secondary N) is 1. The van der Waals surface area contributed by atoms with E-state index in [1.165, 1.54) is 19.6 Å². The molecule has 0 spiro atoms. The van der Waals surface area contributed by atoms with Crippen molar-refractivity contribution < 1.29 is 30.9 Å². The van der Waals surface area contributed by atoms with Crippen LogP contribution >= 0.6 is 0 Å². The van der Waals surface area contributed by atoms with E-state index in [4.69, 9.17) is 9.72 Å². The number of rotatable bonds is 9. The van der Waals surface area contributed by atoms with Crippen molar-refractivity contribution in [1.29, 1.82) is 0 Å². The summed E-state index contributed by atoms with van der Waals surface area (Å²) in [7, 11) is -2.91. The van der Waals surface area contributed by atoms with Gasteiger partial charge in [0.15, 0.2) is 11.5 Å². The number of hydrogen-bond acceptors (Lipinski definition) is 9. The lowest BCUT2D eigenvalue weighted by atomic mass is 9.56. The van der Waals surface area contributed by atoms with Crippen molar-refractivity contribution in [3.05, 3.63) is 41.5 Å².